The molecule has 0 saturated heterocycles. The maximum atomic E-state index is 11.8. The minimum atomic E-state index is -0.296. The predicted octanol–water partition coefficient (Wildman–Crippen LogP) is 4.41. The van der Waals surface area contributed by atoms with E-state index in [2.05, 4.69) is 46.4 Å². The summed E-state index contributed by atoms with van der Waals surface area (Å²) < 4.78 is 6.58. The van der Waals surface area contributed by atoms with Crippen LogP contribution < -0.4 is 10.2 Å². The summed E-state index contributed by atoms with van der Waals surface area (Å²) in [5, 5.41) is 3.94. The second kappa shape index (κ2) is 8.64. The van der Waals surface area contributed by atoms with Crippen LogP contribution in [-0.2, 0) is 4.79 Å². The van der Waals surface area contributed by atoms with Gasteiger partial charge in [-0.25, -0.2) is 5.43 Å². The van der Waals surface area contributed by atoms with Gasteiger partial charge in [-0.3, -0.25) is 4.79 Å². The Bertz CT molecular complexity index is 742. The van der Waals surface area contributed by atoms with E-state index in [1.54, 1.807) is 6.21 Å². The molecule has 0 heterocycles. The summed E-state index contributed by atoms with van der Waals surface area (Å²) in [4.78, 5) is 11.8. The van der Waals surface area contributed by atoms with Crippen LogP contribution in [0.1, 0.15) is 36.5 Å². The molecule has 0 atom stereocenters. The number of aryl methyl sites for hydroxylation is 1. The molecule has 2 rings (SSSR count). The number of hydrogen-bond donors (Lipinski definition) is 1. The Morgan fingerprint density at radius 1 is 1.29 bits per heavy atom. The molecule has 2 aromatic carbocycles. The predicted molar refractivity (Wildman–Crippen MR) is 101 cm³/mol. The summed E-state index contributed by atoms with van der Waals surface area (Å²) in [5.41, 5.74) is 5.55. The van der Waals surface area contributed by atoms with E-state index in [9.17, 15) is 4.79 Å². The second-order valence-corrected chi connectivity index (χ2v) is 6.73. The molecule has 2 aromatic rings. The highest BCUT2D eigenvalue weighted by molar-refractivity contribution is 9.10. The lowest BCUT2D eigenvalue weighted by molar-refractivity contribution is -0.123. The molecule has 1 amide bonds. The van der Waals surface area contributed by atoms with E-state index < -0.39 is 0 Å². The number of amides is 1. The van der Waals surface area contributed by atoms with Gasteiger partial charge >= 0.3 is 0 Å². The van der Waals surface area contributed by atoms with Crippen LogP contribution in [-0.4, -0.2) is 18.7 Å². The van der Waals surface area contributed by atoms with Crippen LogP contribution in [0.4, 0.5) is 0 Å². The zero-order valence-corrected chi connectivity index (χ0v) is 15.6. The number of hydrogen-bond acceptors (Lipinski definition) is 3. The Morgan fingerprint density at radius 3 is 2.79 bits per heavy atom. The third-order valence-corrected chi connectivity index (χ3v) is 3.98. The third-order valence-electron chi connectivity index (χ3n) is 3.49. The van der Waals surface area contributed by atoms with Gasteiger partial charge in [0, 0.05) is 4.47 Å². The summed E-state index contributed by atoms with van der Waals surface area (Å²) in [5.74, 6) is 0.847. The standard InChI is InChI=1S/C19H21BrN2O2/c1-13(2)16-8-7-14(3)18(10-16)24-12-19(23)22-21-11-15-5-4-6-17(20)9-15/h4-11,13H,12H2,1-3H3,(H,22,23)/b21-11+. The van der Waals surface area contributed by atoms with Gasteiger partial charge in [0.2, 0.25) is 0 Å². The number of nitrogens with one attached hydrogen (secondary N) is 1. The summed E-state index contributed by atoms with van der Waals surface area (Å²) in [6.07, 6.45) is 1.59. The quantitative estimate of drug-likeness (QED) is 0.588. The number of carbonyl (C=O) groups is 1. The van der Waals surface area contributed by atoms with Crippen molar-refractivity contribution in [2.24, 2.45) is 5.10 Å². The molecule has 0 saturated carbocycles. The Kier molecular flexibility index (Phi) is 6.55. The van der Waals surface area contributed by atoms with Crippen LogP contribution in [0.3, 0.4) is 0 Å². The van der Waals surface area contributed by atoms with Crippen molar-refractivity contribution in [3.63, 3.8) is 0 Å². The zero-order valence-electron chi connectivity index (χ0n) is 14.0. The fourth-order valence-corrected chi connectivity index (χ4v) is 2.49. The molecule has 4 nitrogen and oxygen atoms in total. The summed E-state index contributed by atoms with van der Waals surface area (Å²) in [7, 11) is 0. The lowest BCUT2D eigenvalue weighted by Crippen LogP contribution is -2.24. The molecule has 0 radical (unpaired) electrons. The molecular formula is C19H21BrN2O2. The van der Waals surface area contributed by atoms with Gasteiger partial charge < -0.3 is 4.74 Å². The maximum absolute atomic E-state index is 11.8. The Labute approximate surface area is 151 Å². The number of nitrogens with zero attached hydrogens (tertiary/aromatic N) is 1. The smallest absolute Gasteiger partial charge is 0.277 e. The van der Waals surface area contributed by atoms with Gasteiger partial charge in [0.1, 0.15) is 5.75 Å². The highest BCUT2D eigenvalue weighted by Gasteiger charge is 2.07. The van der Waals surface area contributed by atoms with Gasteiger partial charge in [0.15, 0.2) is 6.61 Å². The van der Waals surface area contributed by atoms with Crippen molar-refractivity contribution < 1.29 is 9.53 Å². The largest absolute Gasteiger partial charge is 0.483 e. The van der Waals surface area contributed by atoms with Gasteiger partial charge in [0.05, 0.1) is 6.21 Å². The van der Waals surface area contributed by atoms with Crippen LogP contribution in [0, 0.1) is 6.92 Å². The number of hydrazone groups is 1. The van der Waals surface area contributed by atoms with E-state index >= 15 is 0 Å². The van der Waals surface area contributed by atoms with Gasteiger partial charge in [-0.15, -0.1) is 0 Å². The highest BCUT2D eigenvalue weighted by atomic mass is 79.9. The summed E-state index contributed by atoms with van der Waals surface area (Å²) >= 11 is 3.39. The number of rotatable bonds is 6. The number of halogens is 1. The molecule has 1 N–H and O–H groups in total. The van der Waals surface area contributed by atoms with Crippen molar-refractivity contribution in [2.75, 3.05) is 6.61 Å². The van der Waals surface area contributed by atoms with Crippen molar-refractivity contribution in [3.05, 3.63) is 63.6 Å². The molecule has 0 aliphatic heterocycles. The lowest BCUT2D eigenvalue weighted by atomic mass is 10.0. The van der Waals surface area contributed by atoms with Crippen molar-refractivity contribution in [2.45, 2.75) is 26.7 Å². The molecule has 0 aliphatic carbocycles. The second-order valence-electron chi connectivity index (χ2n) is 5.82. The molecule has 0 unspecified atom stereocenters. The molecule has 0 aliphatic rings. The van der Waals surface area contributed by atoms with Crippen LogP contribution in [0.15, 0.2) is 52.0 Å². The molecule has 126 valence electrons. The van der Waals surface area contributed by atoms with Crippen LogP contribution in [0.5, 0.6) is 5.75 Å². The van der Waals surface area contributed by atoms with Crippen molar-refractivity contribution in [1.82, 2.24) is 5.43 Å². The summed E-state index contributed by atoms with van der Waals surface area (Å²) in [6.45, 7) is 6.14. The Balaban J connectivity index is 1.88. The first kappa shape index (κ1) is 18.2. The van der Waals surface area contributed by atoms with E-state index in [1.807, 2.05) is 43.3 Å². The first-order valence-electron chi connectivity index (χ1n) is 7.76. The molecule has 0 spiro atoms. The average Bonchev–Trinajstić information content (AvgIpc) is 2.54. The first-order chi connectivity index (χ1) is 11.5. The normalized spacial score (nSPS) is 11.0. The van der Waals surface area contributed by atoms with Crippen molar-refractivity contribution >= 4 is 28.1 Å². The van der Waals surface area contributed by atoms with Crippen LogP contribution in [0.2, 0.25) is 0 Å². The van der Waals surface area contributed by atoms with Crippen LogP contribution >= 0.6 is 15.9 Å². The Morgan fingerprint density at radius 2 is 2.08 bits per heavy atom. The highest BCUT2D eigenvalue weighted by Crippen LogP contribution is 2.24. The molecule has 5 heteroatoms. The molecule has 0 fully saturated rings. The van der Waals surface area contributed by atoms with Gasteiger partial charge in [-0.2, -0.15) is 5.10 Å². The lowest BCUT2D eigenvalue weighted by Gasteiger charge is -2.12. The molecular weight excluding hydrogens is 368 g/mol. The SMILES string of the molecule is Cc1ccc(C(C)C)cc1OCC(=O)N/N=C/c1cccc(Br)c1. The fraction of sp³-hybridized carbons (Fsp3) is 0.263. The first-order valence-corrected chi connectivity index (χ1v) is 8.56. The zero-order chi connectivity index (χ0) is 17.5. The van der Waals surface area contributed by atoms with E-state index in [0.29, 0.717) is 5.92 Å². The van der Waals surface area contributed by atoms with E-state index in [1.165, 1.54) is 5.56 Å². The number of benzene rings is 2. The monoisotopic (exact) mass is 388 g/mol. The Hall–Kier alpha value is -2.14. The fourth-order valence-electron chi connectivity index (χ4n) is 2.07. The van der Waals surface area contributed by atoms with Gasteiger partial charge in [-0.05, 0) is 47.7 Å². The van der Waals surface area contributed by atoms with E-state index in [0.717, 1.165) is 21.3 Å². The van der Waals surface area contributed by atoms with Crippen molar-refractivity contribution in [1.29, 1.82) is 0 Å². The molecule has 24 heavy (non-hydrogen) atoms. The van der Waals surface area contributed by atoms with E-state index in [4.69, 9.17) is 4.74 Å². The minimum absolute atomic E-state index is 0.0712. The topological polar surface area (TPSA) is 50.7 Å². The third kappa shape index (κ3) is 5.49. The van der Waals surface area contributed by atoms with Crippen LogP contribution in [0.25, 0.3) is 0 Å². The number of carbonyl (C=O) groups excluding carboxylic acids is 1. The number of ether oxygens (including phenoxy) is 1. The van der Waals surface area contributed by atoms with Crippen molar-refractivity contribution in [3.8, 4) is 5.75 Å². The van der Waals surface area contributed by atoms with Gasteiger partial charge in [0.25, 0.3) is 5.91 Å². The maximum Gasteiger partial charge on any atom is 0.277 e. The average molecular weight is 389 g/mol. The van der Waals surface area contributed by atoms with Gasteiger partial charge in [-0.1, -0.05) is 54.0 Å². The molecule has 0 bridgehead atoms. The minimum Gasteiger partial charge on any atom is -0.483 e. The summed E-state index contributed by atoms with van der Waals surface area (Å²) in [6, 6.07) is 13.7. The molecule has 0 aromatic heterocycles. The van der Waals surface area contributed by atoms with E-state index in [-0.39, 0.29) is 12.5 Å².